The molecule has 0 aromatic heterocycles. The van der Waals surface area contributed by atoms with E-state index in [1.54, 1.807) is 0 Å². The molecule has 4 saturated heterocycles. The quantitative estimate of drug-likeness (QED) is 0.272. The van der Waals surface area contributed by atoms with Gasteiger partial charge in [-0.05, 0) is 0 Å². The average molecular weight is 726 g/mol. The van der Waals surface area contributed by atoms with Crippen molar-refractivity contribution in [3.8, 4) is 0 Å². The van der Waals surface area contributed by atoms with Gasteiger partial charge in [0.2, 0.25) is 0 Å². The second-order valence-corrected chi connectivity index (χ2v) is 10.9. The summed E-state index contributed by atoms with van der Waals surface area (Å²) >= 11 is 0. The molecule has 0 aliphatic carbocycles. The Morgan fingerprint density at radius 3 is 0.808 bits per heavy atom. The normalized spacial score (nSPS) is 39.7. The molecule has 4 aliphatic heterocycles. The van der Waals surface area contributed by atoms with Crippen LogP contribution in [0, 0.1) is 11.8 Å². The van der Waals surface area contributed by atoms with Crippen LogP contribution < -0.4 is 0 Å². The van der Waals surface area contributed by atoms with Crippen molar-refractivity contribution in [3.05, 3.63) is 21.3 Å². The van der Waals surface area contributed by atoms with Crippen LogP contribution in [0.2, 0.25) is 0 Å². The van der Waals surface area contributed by atoms with Crippen molar-refractivity contribution in [1.29, 1.82) is 0 Å². The molecule has 2 radical (unpaired) electrons. The average Bonchev–Trinajstić information content (AvgIpc) is 2.89. The molecule has 0 N–H and O–H groups in total. The molecule has 4 aliphatic rings. The molecule has 26 heavy (non-hydrogen) atoms. The molecule has 4 rings (SSSR count). The Morgan fingerprint density at radius 1 is 0.462 bits per heavy atom. The zero-order valence-electron chi connectivity index (χ0n) is 17.5. The Hall–Kier alpha value is 1.32. The maximum Gasteiger partial charge on any atom is 0 e. The molecule has 0 unspecified atom stereocenters. The third-order valence-corrected chi connectivity index (χ3v) is 5.82. The number of nitrogens with zero attached hydrogens (tertiary/aromatic N) is 4. The minimum absolute atomic E-state index is 0. The Labute approximate surface area is 192 Å². The SMILES string of the molecule is CC1(C)CC2CC(C)(C)[N-]C2[N-]1.CC1(C)CC2CC(C)(C)[N-]C2[N-]1.[Au].[Au]. The number of fused-ring (bicyclic) bond motifs is 2. The van der Waals surface area contributed by atoms with Gasteiger partial charge in [-0.15, -0.1) is 22.2 Å². The van der Waals surface area contributed by atoms with Crippen LogP contribution >= 0.6 is 0 Å². The second-order valence-electron chi connectivity index (χ2n) is 10.9. The summed E-state index contributed by atoms with van der Waals surface area (Å²) in [7, 11) is 0. The van der Waals surface area contributed by atoms with Crippen molar-refractivity contribution in [2.75, 3.05) is 0 Å². The van der Waals surface area contributed by atoms with Gasteiger partial charge in [0.1, 0.15) is 0 Å². The topological polar surface area (TPSA) is 56.4 Å². The van der Waals surface area contributed by atoms with Gasteiger partial charge >= 0.3 is 0 Å². The molecule has 0 saturated carbocycles. The van der Waals surface area contributed by atoms with Crippen molar-refractivity contribution in [3.63, 3.8) is 0 Å². The largest absolute Gasteiger partial charge is 0.673 e. The predicted octanol–water partition coefficient (Wildman–Crippen LogP) is 6.08. The molecule has 4 nitrogen and oxygen atoms in total. The van der Waals surface area contributed by atoms with Crippen LogP contribution in [0.15, 0.2) is 0 Å². The maximum absolute atomic E-state index is 4.71. The Bertz CT molecular complexity index is 370. The van der Waals surface area contributed by atoms with E-state index in [0.29, 0.717) is 12.3 Å². The summed E-state index contributed by atoms with van der Waals surface area (Å²) in [6.45, 7) is 17.7. The molecule has 0 amide bonds. The van der Waals surface area contributed by atoms with Crippen molar-refractivity contribution in [1.82, 2.24) is 0 Å². The van der Waals surface area contributed by atoms with E-state index in [4.69, 9.17) is 21.3 Å². The van der Waals surface area contributed by atoms with Gasteiger partial charge in [0.25, 0.3) is 0 Å². The first-order chi connectivity index (χ1) is 10.8. The van der Waals surface area contributed by atoms with Gasteiger partial charge in [-0.25, -0.2) is 12.3 Å². The van der Waals surface area contributed by atoms with Crippen LogP contribution in [-0.2, 0) is 44.8 Å². The van der Waals surface area contributed by atoms with Gasteiger partial charge in [-0.2, -0.15) is 0 Å². The van der Waals surface area contributed by atoms with E-state index in [9.17, 15) is 0 Å². The zero-order chi connectivity index (χ0) is 18.0. The Kier molecular flexibility index (Phi) is 8.01. The molecule has 162 valence electrons. The molecule has 4 fully saturated rings. The van der Waals surface area contributed by atoms with Crippen molar-refractivity contribution < 1.29 is 44.8 Å². The molecule has 0 spiro atoms. The van der Waals surface area contributed by atoms with Crippen molar-refractivity contribution in [2.45, 2.75) is 116 Å². The third-order valence-electron chi connectivity index (χ3n) is 5.82. The van der Waals surface area contributed by atoms with Crippen LogP contribution in [0.1, 0.15) is 81.1 Å². The van der Waals surface area contributed by atoms with E-state index in [1.165, 1.54) is 25.7 Å². The first-order valence-electron chi connectivity index (χ1n) is 9.64. The van der Waals surface area contributed by atoms with E-state index >= 15 is 0 Å². The smallest absolute Gasteiger partial charge is 0 e. The van der Waals surface area contributed by atoms with Gasteiger partial charge in [0.15, 0.2) is 0 Å². The summed E-state index contributed by atoms with van der Waals surface area (Å²) in [4.78, 5) is 0. The predicted molar refractivity (Wildman–Crippen MR) is 103 cm³/mol. The van der Waals surface area contributed by atoms with E-state index in [0.717, 1.165) is 11.8 Å². The first-order valence-corrected chi connectivity index (χ1v) is 9.64. The first kappa shape index (κ1) is 25.4. The number of rotatable bonds is 0. The van der Waals surface area contributed by atoms with Gasteiger partial charge in [0.05, 0.1) is 0 Å². The van der Waals surface area contributed by atoms with Crippen LogP contribution in [0.3, 0.4) is 0 Å². The van der Waals surface area contributed by atoms with Crippen LogP contribution in [0.5, 0.6) is 0 Å². The van der Waals surface area contributed by atoms with E-state index in [2.05, 4.69) is 55.4 Å². The van der Waals surface area contributed by atoms with E-state index < -0.39 is 0 Å². The minimum Gasteiger partial charge on any atom is -0.673 e. The Morgan fingerprint density at radius 2 is 0.654 bits per heavy atom. The van der Waals surface area contributed by atoms with Crippen molar-refractivity contribution in [2.24, 2.45) is 11.8 Å². The zero-order valence-corrected chi connectivity index (χ0v) is 21.9. The van der Waals surface area contributed by atoms with E-state index in [1.807, 2.05) is 0 Å². The fourth-order valence-corrected chi connectivity index (χ4v) is 5.25. The third kappa shape index (κ3) is 6.16. The minimum atomic E-state index is 0. The monoisotopic (exact) mass is 726 g/mol. The summed E-state index contributed by atoms with van der Waals surface area (Å²) in [5.74, 6) is 1.46. The number of hydrogen-bond acceptors (Lipinski definition) is 0. The molecule has 0 aromatic carbocycles. The molecule has 6 heteroatoms. The second kappa shape index (κ2) is 8.22. The molecule has 4 heterocycles. The van der Waals surface area contributed by atoms with Gasteiger partial charge in [0, 0.05) is 44.8 Å². The van der Waals surface area contributed by atoms with Crippen LogP contribution in [0.25, 0.3) is 21.3 Å². The van der Waals surface area contributed by atoms with Gasteiger partial charge in [-0.3, -0.25) is 0 Å². The number of hydrogen-bond donors (Lipinski definition) is 0. The summed E-state index contributed by atoms with van der Waals surface area (Å²) in [6, 6.07) is 0. The molecule has 0 bridgehead atoms. The van der Waals surface area contributed by atoms with Gasteiger partial charge < -0.3 is 21.3 Å². The Balaban J connectivity index is 0.000000241. The summed E-state index contributed by atoms with van der Waals surface area (Å²) in [6.07, 6.45) is 5.54. The fourth-order valence-electron chi connectivity index (χ4n) is 5.25. The van der Waals surface area contributed by atoms with Crippen LogP contribution in [0.4, 0.5) is 0 Å². The van der Waals surface area contributed by atoms with Gasteiger partial charge in [-0.1, -0.05) is 92.9 Å². The summed E-state index contributed by atoms with van der Waals surface area (Å²) in [5, 5.41) is 18.8. The van der Waals surface area contributed by atoms with Crippen molar-refractivity contribution >= 4 is 0 Å². The van der Waals surface area contributed by atoms with Crippen LogP contribution in [-0.4, -0.2) is 34.5 Å². The summed E-state index contributed by atoms with van der Waals surface area (Å²) < 4.78 is 0. The maximum atomic E-state index is 4.71. The molecular weight excluding hydrogens is 690 g/mol. The molecule has 0 atom stereocenters. The standard InChI is InChI=1S/2C10H18N2.2Au/c2*1-9(2)5-7-6-10(3,4)12-8(7)11-9;;/h2*7-8H,5-6H2,1-4H3;;/q2*-2;;. The van der Waals surface area contributed by atoms with E-state index in [-0.39, 0.29) is 66.9 Å². The molecule has 0 aromatic rings. The summed E-state index contributed by atoms with van der Waals surface area (Å²) in [5.41, 5.74) is 0.759. The fraction of sp³-hybridized carbons (Fsp3) is 1.00. The molecular formula is C20H36Au2N4-4.